The molecule has 0 saturated carbocycles. The number of amides is 1. The van der Waals surface area contributed by atoms with E-state index in [4.69, 9.17) is 21.3 Å². The summed E-state index contributed by atoms with van der Waals surface area (Å²) in [6.45, 7) is 1.05. The number of carbonyl (C=O) groups excluding carboxylic acids is 1. The fourth-order valence-electron chi connectivity index (χ4n) is 4.64. The molecule has 1 aliphatic heterocycles. The molecule has 1 amide bonds. The second kappa shape index (κ2) is 9.27. The Labute approximate surface area is 201 Å². The maximum atomic E-state index is 12.7. The number of aromatic nitrogens is 1. The minimum atomic E-state index is -0.488. The molecule has 1 aromatic heterocycles. The van der Waals surface area contributed by atoms with E-state index in [9.17, 15) is 14.9 Å². The number of ether oxygens (including phenoxy) is 1. The lowest BCUT2D eigenvalue weighted by Gasteiger charge is -2.29. The van der Waals surface area contributed by atoms with Crippen LogP contribution in [0.5, 0.6) is 5.75 Å². The van der Waals surface area contributed by atoms with Crippen LogP contribution in [0.4, 0.5) is 10.5 Å². The molecule has 2 aromatic carbocycles. The van der Waals surface area contributed by atoms with Gasteiger partial charge in [-0.05, 0) is 72.7 Å². The van der Waals surface area contributed by atoms with Gasteiger partial charge in [0.15, 0.2) is 0 Å². The van der Waals surface area contributed by atoms with Crippen LogP contribution in [0.15, 0.2) is 66.4 Å². The van der Waals surface area contributed by atoms with Gasteiger partial charge in [0.25, 0.3) is 5.69 Å². The number of halogens is 1. The number of pyridine rings is 1. The van der Waals surface area contributed by atoms with E-state index in [0.29, 0.717) is 25.9 Å². The summed E-state index contributed by atoms with van der Waals surface area (Å²) >= 11 is 6.30. The van der Waals surface area contributed by atoms with E-state index in [1.165, 1.54) is 46.5 Å². The fraction of sp³-hybridized carbons (Fsp3) is 0.231. The van der Waals surface area contributed by atoms with Crippen molar-refractivity contribution in [1.29, 1.82) is 0 Å². The minimum Gasteiger partial charge on any atom is -0.410 e. The summed E-state index contributed by atoms with van der Waals surface area (Å²) in [5.74, 6) is 0.285. The maximum absolute atomic E-state index is 12.7. The van der Waals surface area contributed by atoms with E-state index in [1.807, 2.05) is 24.4 Å². The molecule has 2 heterocycles. The number of fused-ring (bicyclic) bond motifs is 2. The van der Waals surface area contributed by atoms with E-state index in [2.05, 4.69) is 12.1 Å². The number of piperidine rings is 1. The number of nitro groups is 1. The molecule has 0 N–H and O–H groups in total. The molecule has 8 heteroatoms. The maximum Gasteiger partial charge on any atom is 0.415 e. The van der Waals surface area contributed by atoms with Gasteiger partial charge in [-0.3, -0.25) is 15.1 Å². The Kier molecular flexibility index (Phi) is 6.02. The molecular formula is C26H22ClN3O4. The lowest BCUT2D eigenvalue weighted by Crippen LogP contribution is -2.38. The third-order valence-electron chi connectivity index (χ3n) is 6.36. The molecule has 172 valence electrons. The van der Waals surface area contributed by atoms with Crippen molar-refractivity contribution in [3.63, 3.8) is 0 Å². The Hall–Kier alpha value is -3.71. The summed E-state index contributed by atoms with van der Waals surface area (Å²) in [6, 6.07) is 15.7. The van der Waals surface area contributed by atoms with Crippen molar-refractivity contribution >= 4 is 29.0 Å². The molecule has 0 spiro atoms. The summed E-state index contributed by atoms with van der Waals surface area (Å²) in [5, 5.41) is 11.5. The molecule has 3 aromatic rings. The standard InChI is InChI=1S/C26H22ClN3O4/c27-20-5-10-23-19(16-20)4-3-18-2-1-13-28-25(18)24(23)17-11-14-29(15-12-17)26(31)34-22-8-6-21(7-9-22)30(32)33/h1-2,5-10,13,16H,3-4,11-12,14-15H2. The number of aryl methyl sites for hydroxylation is 2. The third kappa shape index (κ3) is 4.39. The molecule has 1 saturated heterocycles. The molecule has 34 heavy (non-hydrogen) atoms. The van der Waals surface area contributed by atoms with Crippen molar-refractivity contribution in [2.45, 2.75) is 25.7 Å². The van der Waals surface area contributed by atoms with Crippen molar-refractivity contribution in [2.24, 2.45) is 0 Å². The fourth-order valence-corrected chi connectivity index (χ4v) is 4.84. The Morgan fingerprint density at radius 2 is 1.74 bits per heavy atom. The van der Waals surface area contributed by atoms with Crippen molar-refractivity contribution in [1.82, 2.24) is 9.88 Å². The summed E-state index contributed by atoms with van der Waals surface area (Å²) in [6.07, 6.45) is 4.60. The van der Waals surface area contributed by atoms with Crippen LogP contribution in [-0.4, -0.2) is 34.0 Å². The average molecular weight is 476 g/mol. The first-order chi connectivity index (χ1) is 16.5. The van der Waals surface area contributed by atoms with Gasteiger partial charge in [-0.15, -0.1) is 0 Å². The monoisotopic (exact) mass is 475 g/mol. The number of benzene rings is 2. The van der Waals surface area contributed by atoms with Gasteiger partial charge in [-0.2, -0.15) is 0 Å². The Bertz CT molecular complexity index is 1290. The zero-order valence-corrected chi connectivity index (χ0v) is 19.1. The van der Waals surface area contributed by atoms with Crippen LogP contribution in [0.25, 0.3) is 5.57 Å². The van der Waals surface area contributed by atoms with Crippen LogP contribution in [0.3, 0.4) is 0 Å². The zero-order chi connectivity index (χ0) is 23.7. The van der Waals surface area contributed by atoms with Gasteiger partial charge in [-0.25, -0.2) is 4.79 Å². The van der Waals surface area contributed by atoms with Gasteiger partial charge < -0.3 is 9.64 Å². The quantitative estimate of drug-likeness (QED) is 0.343. The van der Waals surface area contributed by atoms with Crippen LogP contribution in [0.2, 0.25) is 5.02 Å². The Morgan fingerprint density at radius 3 is 2.47 bits per heavy atom. The highest BCUT2D eigenvalue weighted by atomic mass is 35.5. The van der Waals surface area contributed by atoms with Gasteiger partial charge >= 0.3 is 6.09 Å². The molecule has 0 radical (unpaired) electrons. The first kappa shape index (κ1) is 22.1. The molecule has 7 nitrogen and oxygen atoms in total. The summed E-state index contributed by atoms with van der Waals surface area (Å²) in [4.78, 5) is 29.4. The van der Waals surface area contributed by atoms with Crippen molar-refractivity contribution in [3.05, 3.63) is 104 Å². The number of nitrogens with zero attached hydrogens (tertiary/aromatic N) is 3. The number of nitro benzene ring substituents is 1. The highest BCUT2D eigenvalue weighted by molar-refractivity contribution is 6.30. The second-order valence-corrected chi connectivity index (χ2v) is 8.83. The lowest BCUT2D eigenvalue weighted by atomic mass is 9.88. The summed E-state index contributed by atoms with van der Waals surface area (Å²) in [5.41, 5.74) is 6.99. The van der Waals surface area contributed by atoms with E-state index in [-0.39, 0.29) is 11.4 Å². The summed E-state index contributed by atoms with van der Waals surface area (Å²) in [7, 11) is 0. The largest absolute Gasteiger partial charge is 0.415 e. The van der Waals surface area contributed by atoms with Crippen LogP contribution < -0.4 is 4.74 Å². The van der Waals surface area contributed by atoms with Crippen LogP contribution in [0.1, 0.15) is 35.2 Å². The highest BCUT2D eigenvalue weighted by Crippen LogP contribution is 2.38. The first-order valence-electron chi connectivity index (χ1n) is 11.2. The number of non-ortho nitro benzene ring substituents is 1. The SMILES string of the molecule is O=C(Oc1ccc([N+](=O)[O-])cc1)N1CCC(=C2c3ccc(Cl)cc3CCc3cccnc32)CC1. The number of likely N-dealkylation sites (tertiary alicyclic amines) is 1. The van der Waals surface area contributed by atoms with Crippen LogP contribution >= 0.6 is 11.6 Å². The van der Waals surface area contributed by atoms with Crippen molar-refractivity contribution < 1.29 is 14.5 Å². The molecule has 1 aliphatic carbocycles. The Morgan fingerprint density at radius 1 is 1.00 bits per heavy atom. The molecular weight excluding hydrogens is 454 g/mol. The third-order valence-corrected chi connectivity index (χ3v) is 6.59. The van der Waals surface area contributed by atoms with Crippen LogP contribution in [-0.2, 0) is 12.8 Å². The number of rotatable bonds is 2. The van der Waals surface area contributed by atoms with E-state index >= 15 is 0 Å². The highest BCUT2D eigenvalue weighted by Gasteiger charge is 2.27. The molecule has 0 atom stereocenters. The average Bonchev–Trinajstić information content (AvgIpc) is 3.01. The summed E-state index contributed by atoms with van der Waals surface area (Å²) < 4.78 is 5.44. The molecule has 5 rings (SSSR count). The molecule has 1 fully saturated rings. The predicted octanol–water partition coefficient (Wildman–Crippen LogP) is 5.84. The first-order valence-corrected chi connectivity index (χ1v) is 11.5. The number of hydrogen-bond acceptors (Lipinski definition) is 5. The Balaban J connectivity index is 1.38. The van der Waals surface area contributed by atoms with Crippen molar-refractivity contribution in [3.8, 4) is 5.75 Å². The van der Waals surface area contributed by atoms with Crippen molar-refractivity contribution in [2.75, 3.05) is 13.1 Å². The normalized spacial score (nSPS) is 15.3. The van der Waals surface area contributed by atoms with Gasteiger partial charge in [0.2, 0.25) is 0 Å². The van der Waals surface area contributed by atoms with Gasteiger partial charge in [-0.1, -0.05) is 29.3 Å². The van der Waals surface area contributed by atoms with Gasteiger partial charge in [0.05, 0.1) is 10.6 Å². The number of carbonyl (C=O) groups is 1. The van der Waals surface area contributed by atoms with E-state index in [1.54, 1.807) is 4.90 Å². The van der Waals surface area contributed by atoms with Gasteiger partial charge in [0, 0.05) is 42.0 Å². The topological polar surface area (TPSA) is 85.6 Å². The number of hydrogen-bond donors (Lipinski definition) is 0. The van der Waals surface area contributed by atoms with Gasteiger partial charge in [0.1, 0.15) is 5.75 Å². The van der Waals surface area contributed by atoms with E-state index < -0.39 is 11.0 Å². The second-order valence-electron chi connectivity index (χ2n) is 8.40. The molecule has 0 bridgehead atoms. The predicted molar refractivity (Wildman–Crippen MR) is 129 cm³/mol. The van der Waals surface area contributed by atoms with Crippen LogP contribution in [0, 0.1) is 10.1 Å². The van der Waals surface area contributed by atoms with E-state index in [0.717, 1.165) is 29.1 Å². The zero-order valence-electron chi connectivity index (χ0n) is 18.4. The molecule has 2 aliphatic rings. The smallest absolute Gasteiger partial charge is 0.410 e. The molecule has 0 unspecified atom stereocenters. The lowest BCUT2D eigenvalue weighted by molar-refractivity contribution is -0.384. The minimum absolute atomic E-state index is 0.0482.